The highest BCUT2D eigenvalue weighted by atomic mass is 35.5. The van der Waals surface area contributed by atoms with Gasteiger partial charge in [0.25, 0.3) is 0 Å². The van der Waals surface area contributed by atoms with Gasteiger partial charge in [-0.3, -0.25) is 14.4 Å². The van der Waals surface area contributed by atoms with E-state index in [0.29, 0.717) is 34.1 Å². The van der Waals surface area contributed by atoms with E-state index < -0.39 is 21.9 Å². The lowest BCUT2D eigenvalue weighted by atomic mass is 10.1. The summed E-state index contributed by atoms with van der Waals surface area (Å²) < 4.78 is 46.5. The molecule has 4 heterocycles. The van der Waals surface area contributed by atoms with Gasteiger partial charge in [0.15, 0.2) is 17.4 Å². The quantitative estimate of drug-likeness (QED) is 0.372. The van der Waals surface area contributed by atoms with E-state index in [4.69, 9.17) is 27.9 Å². The fraction of sp³-hybridized carbons (Fsp3) is 0.217. The van der Waals surface area contributed by atoms with Crippen LogP contribution in [0.2, 0.25) is 10.0 Å². The third-order valence-electron chi connectivity index (χ3n) is 5.81. The van der Waals surface area contributed by atoms with Crippen LogP contribution < -0.4 is 9.04 Å². The number of aromatic nitrogens is 4. The summed E-state index contributed by atoms with van der Waals surface area (Å²) in [6, 6.07) is 6.25. The Balaban J connectivity index is 1.54. The smallest absolute Gasteiger partial charge is 0.236 e. The van der Waals surface area contributed by atoms with Gasteiger partial charge in [0, 0.05) is 47.7 Å². The van der Waals surface area contributed by atoms with Crippen LogP contribution in [0, 0.1) is 17.1 Å². The molecule has 0 saturated carbocycles. The highest BCUT2D eigenvalue weighted by Crippen LogP contribution is 2.37. The van der Waals surface area contributed by atoms with Gasteiger partial charge in [0.1, 0.15) is 17.9 Å². The van der Waals surface area contributed by atoms with Gasteiger partial charge in [0.2, 0.25) is 10.0 Å². The second-order valence-electron chi connectivity index (χ2n) is 8.13. The average molecular weight is 547 g/mol. The summed E-state index contributed by atoms with van der Waals surface area (Å²) in [6.07, 6.45) is 4.05. The normalized spacial score (nSPS) is 15.7. The van der Waals surface area contributed by atoms with Crippen molar-refractivity contribution in [3.05, 3.63) is 63.8 Å². The van der Waals surface area contributed by atoms with Gasteiger partial charge in [0.05, 0.1) is 26.9 Å². The number of anilines is 1. The third-order valence-corrected chi connectivity index (χ3v) is 8.25. The second-order valence-corrected chi connectivity index (χ2v) is 11.0. The SMILES string of the molecule is C[C@@H](Oc1cc2c(-c3cnc(N4CCCS4(=O)=O)c(C#N)c3)n[nH]c2cc1F)c1c(Cl)cncc1Cl. The molecular formula is C23H17Cl2FN6O3S. The lowest BCUT2D eigenvalue weighted by molar-refractivity contribution is 0.217. The highest BCUT2D eigenvalue weighted by molar-refractivity contribution is 7.93. The number of pyridine rings is 2. The number of hydrogen-bond acceptors (Lipinski definition) is 7. The molecule has 1 saturated heterocycles. The molecule has 0 unspecified atom stereocenters. The molecule has 13 heteroatoms. The molecule has 0 spiro atoms. The number of nitrogens with one attached hydrogen (secondary N) is 1. The minimum Gasteiger partial charge on any atom is -0.483 e. The van der Waals surface area contributed by atoms with Crippen molar-refractivity contribution in [1.82, 2.24) is 20.2 Å². The Morgan fingerprint density at radius 2 is 1.97 bits per heavy atom. The lowest BCUT2D eigenvalue weighted by Gasteiger charge is -2.18. The first-order valence-electron chi connectivity index (χ1n) is 10.7. The first-order valence-corrected chi connectivity index (χ1v) is 13.1. The first-order chi connectivity index (χ1) is 17.2. The van der Waals surface area contributed by atoms with Crippen LogP contribution >= 0.6 is 23.2 Å². The zero-order valence-electron chi connectivity index (χ0n) is 18.7. The number of H-pyrrole nitrogens is 1. The van der Waals surface area contributed by atoms with E-state index in [-0.39, 0.29) is 39.5 Å². The van der Waals surface area contributed by atoms with E-state index in [9.17, 15) is 18.1 Å². The molecule has 1 atom stereocenters. The van der Waals surface area contributed by atoms with Crippen LogP contribution in [-0.2, 0) is 10.0 Å². The van der Waals surface area contributed by atoms with Gasteiger partial charge in [-0.25, -0.2) is 17.8 Å². The van der Waals surface area contributed by atoms with Crippen LogP contribution in [-0.4, -0.2) is 40.9 Å². The van der Waals surface area contributed by atoms with Crippen LogP contribution in [0.4, 0.5) is 10.2 Å². The lowest BCUT2D eigenvalue weighted by Crippen LogP contribution is -2.26. The van der Waals surface area contributed by atoms with E-state index in [1.54, 1.807) is 6.92 Å². The molecule has 3 aromatic heterocycles. The van der Waals surface area contributed by atoms with Crippen LogP contribution in [0.1, 0.15) is 30.6 Å². The van der Waals surface area contributed by atoms with Gasteiger partial charge < -0.3 is 4.74 Å². The fourth-order valence-corrected chi connectivity index (χ4v) is 6.34. The molecule has 0 bridgehead atoms. The van der Waals surface area contributed by atoms with Crippen LogP contribution in [0.5, 0.6) is 5.75 Å². The predicted octanol–water partition coefficient (Wildman–Crippen LogP) is 5.02. The van der Waals surface area contributed by atoms with Crippen molar-refractivity contribution in [2.24, 2.45) is 0 Å². The molecule has 5 rings (SSSR count). The Morgan fingerprint density at radius 1 is 1.22 bits per heavy atom. The third kappa shape index (κ3) is 4.21. The molecule has 1 aromatic carbocycles. The number of fused-ring (bicyclic) bond motifs is 1. The topological polar surface area (TPSA) is 125 Å². The van der Waals surface area contributed by atoms with Crippen LogP contribution in [0.25, 0.3) is 22.2 Å². The maximum atomic E-state index is 14.9. The summed E-state index contributed by atoms with van der Waals surface area (Å²) in [4.78, 5) is 8.18. The molecule has 9 nitrogen and oxygen atoms in total. The minimum atomic E-state index is -3.51. The number of aromatic amines is 1. The van der Waals surface area contributed by atoms with Crippen molar-refractivity contribution >= 4 is 49.9 Å². The number of hydrogen-bond donors (Lipinski definition) is 1. The summed E-state index contributed by atoms with van der Waals surface area (Å²) in [5.74, 6) is -0.603. The highest BCUT2D eigenvalue weighted by Gasteiger charge is 2.31. The molecule has 1 fully saturated rings. The largest absolute Gasteiger partial charge is 0.483 e. The number of rotatable bonds is 5. The molecular weight excluding hydrogens is 530 g/mol. The standard InChI is InChI=1S/C23H17Cl2FN6O3S/c1-12(21-16(24)10-28-11-17(21)25)35-20-6-15-19(7-18(20)26)30-31-22(15)14-5-13(8-27)23(29-9-14)32-3-2-4-36(32,33)34/h5-7,9-12H,2-4H2,1H3,(H,30,31)/t12-/m1/s1. The van der Waals surface area contributed by atoms with Crippen LogP contribution in [0.3, 0.4) is 0 Å². The molecule has 1 aliphatic heterocycles. The average Bonchev–Trinajstić information content (AvgIpc) is 3.40. The number of nitrogens with zero attached hydrogens (tertiary/aromatic N) is 5. The van der Waals surface area contributed by atoms with Gasteiger partial charge in [-0.2, -0.15) is 10.4 Å². The Hall–Kier alpha value is -3.46. The summed E-state index contributed by atoms with van der Waals surface area (Å²) in [6.45, 7) is 1.94. The van der Waals surface area contributed by atoms with E-state index >= 15 is 0 Å². The zero-order chi connectivity index (χ0) is 25.6. The van der Waals surface area contributed by atoms with Crippen molar-refractivity contribution < 1.29 is 17.5 Å². The molecule has 1 N–H and O–H groups in total. The minimum absolute atomic E-state index is 0.00792. The second kappa shape index (κ2) is 9.20. The van der Waals surface area contributed by atoms with Crippen molar-refractivity contribution in [3.63, 3.8) is 0 Å². The number of halogens is 3. The Morgan fingerprint density at radius 3 is 2.64 bits per heavy atom. The summed E-state index contributed by atoms with van der Waals surface area (Å²) in [5, 5.41) is 17.8. The van der Waals surface area contributed by atoms with E-state index in [2.05, 4.69) is 20.2 Å². The van der Waals surface area contributed by atoms with E-state index in [1.807, 2.05) is 6.07 Å². The van der Waals surface area contributed by atoms with Gasteiger partial charge in [-0.15, -0.1) is 0 Å². The molecule has 0 aliphatic carbocycles. The summed E-state index contributed by atoms with van der Waals surface area (Å²) >= 11 is 12.4. The Bertz CT molecular complexity index is 1630. The number of sulfonamides is 1. The molecule has 4 aromatic rings. The predicted molar refractivity (Wildman–Crippen MR) is 133 cm³/mol. The van der Waals surface area contributed by atoms with Crippen molar-refractivity contribution in [3.8, 4) is 23.1 Å². The maximum absolute atomic E-state index is 14.9. The van der Waals surface area contributed by atoms with Crippen LogP contribution in [0.15, 0.2) is 36.8 Å². The Kier molecular flexibility index (Phi) is 6.20. The summed E-state index contributed by atoms with van der Waals surface area (Å²) in [7, 11) is -3.51. The first kappa shape index (κ1) is 24.2. The van der Waals surface area contributed by atoms with Crippen molar-refractivity contribution in [2.45, 2.75) is 19.4 Å². The number of ether oxygens (including phenoxy) is 1. The number of nitriles is 1. The molecule has 1 aliphatic rings. The van der Waals surface area contributed by atoms with E-state index in [0.717, 1.165) is 4.31 Å². The monoisotopic (exact) mass is 546 g/mol. The van der Waals surface area contributed by atoms with Gasteiger partial charge >= 0.3 is 0 Å². The van der Waals surface area contributed by atoms with Gasteiger partial charge in [-0.1, -0.05) is 23.2 Å². The molecule has 36 heavy (non-hydrogen) atoms. The molecule has 184 valence electrons. The zero-order valence-corrected chi connectivity index (χ0v) is 21.0. The molecule has 0 radical (unpaired) electrons. The fourth-order valence-electron chi connectivity index (χ4n) is 4.13. The van der Waals surface area contributed by atoms with Crippen molar-refractivity contribution in [2.75, 3.05) is 16.6 Å². The molecule has 0 amide bonds. The number of benzene rings is 1. The Labute approximate surface area is 215 Å². The van der Waals surface area contributed by atoms with Crippen molar-refractivity contribution in [1.29, 1.82) is 5.26 Å². The van der Waals surface area contributed by atoms with E-state index in [1.165, 1.54) is 36.8 Å². The maximum Gasteiger partial charge on any atom is 0.236 e. The van der Waals surface area contributed by atoms with Gasteiger partial charge in [-0.05, 0) is 25.5 Å². The summed E-state index contributed by atoms with van der Waals surface area (Å²) in [5.41, 5.74) is 1.79.